The molecule has 29 heavy (non-hydrogen) atoms. The van der Waals surface area contributed by atoms with E-state index in [2.05, 4.69) is 39.8 Å². The Morgan fingerprint density at radius 1 is 1.00 bits per heavy atom. The van der Waals surface area contributed by atoms with Crippen LogP contribution in [0.15, 0.2) is 36.4 Å². The van der Waals surface area contributed by atoms with Gasteiger partial charge in [0.2, 0.25) is 5.91 Å². The molecule has 0 radical (unpaired) electrons. The van der Waals surface area contributed by atoms with Crippen molar-refractivity contribution in [2.24, 2.45) is 0 Å². The molecule has 158 valence electrons. The third kappa shape index (κ3) is 7.54. The van der Waals surface area contributed by atoms with E-state index >= 15 is 0 Å². The second-order valence-corrected chi connectivity index (χ2v) is 7.98. The summed E-state index contributed by atoms with van der Waals surface area (Å²) in [7, 11) is 0. The SMILES string of the molecule is O=C(NCCC(=O)N1CCN(C/C=C/c2ccccc2)CC1)NC1CCCCC1. The smallest absolute Gasteiger partial charge is 0.315 e. The highest BCUT2D eigenvalue weighted by molar-refractivity contribution is 5.78. The minimum atomic E-state index is -0.139. The van der Waals surface area contributed by atoms with Crippen LogP contribution in [0.2, 0.25) is 0 Å². The van der Waals surface area contributed by atoms with Crippen LogP contribution in [-0.2, 0) is 4.79 Å². The number of amides is 3. The van der Waals surface area contributed by atoms with Gasteiger partial charge < -0.3 is 15.5 Å². The zero-order valence-corrected chi connectivity index (χ0v) is 17.3. The Hall–Kier alpha value is -2.34. The first-order chi connectivity index (χ1) is 14.2. The third-order valence-electron chi connectivity index (χ3n) is 5.76. The monoisotopic (exact) mass is 398 g/mol. The quantitative estimate of drug-likeness (QED) is 0.742. The fourth-order valence-electron chi connectivity index (χ4n) is 4.01. The van der Waals surface area contributed by atoms with Gasteiger partial charge in [0, 0.05) is 51.7 Å². The summed E-state index contributed by atoms with van der Waals surface area (Å²) in [5.74, 6) is 0.127. The molecule has 1 aliphatic heterocycles. The lowest BCUT2D eigenvalue weighted by Gasteiger charge is -2.34. The van der Waals surface area contributed by atoms with Crippen LogP contribution >= 0.6 is 0 Å². The Kier molecular flexibility index (Phi) is 8.56. The first-order valence-corrected chi connectivity index (χ1v) is 11.0. The number of piperazine rings is 1. The number of benzene rings is 1. The first kappa shape index (κ1) is 21.4. The topological polar surface area (TPSA) is 64.7 Å². The molecule has 0 aromatic heterocycles. The van der Waals surface area contributed by atoms with Crippen molar-refractivity contribution < 1.29 is 9.59 Å². The number of urea groups is 1. The van der Waals surface area contributed by atoms with Gasteiger partial charge in [-0.3, -0.25) is 9.69 Å². The number of nitrogens with one attached hydrogen (secondary N) is 2. The molecule has 1 aliphatic carbocycles. The lowest BCUT2D eigenvalue weighted by Crippen LogP contribution is -2.49. The molecule has 6 heteroatoms. The van der Waals surface area contributed by atoms with Crippen LogP contribution in [0.1, 0.15) is 44.1 Å². The van der Waals surface area contributed by atoms with E-state index in [0.29, 0.717) is 19.0 Å². The molecule has 1 saturated carbocycles. The number of nitrogens with zero attached hydrogens (tertiary/aromatic N) is 2. The van der Waals surface area contributed by atoms with Crippen LogP contribution in [0.4, 0.5) is 4.79 Å². The van der Waals surface area contributed by atoms with Gasteiger partial charge in [0.1, 0.15) is 0 Å². The Labute approximate surface area is 174 Å². The molecule has 0 unspecified atom stereocenters. The molecule has 2 N–H and O–H groups in total. The molecule has 3 rings (SSSR count). The zero-order valence-electron chi connectivity index (χ0n) is 17.3. The minimum absolute atomic E-state index is 0.127. The van der Waals surface area contributed by atoms with Gasteiger partial charge in [0.15, 0.2) is 0 Å². The van der Waals surface area contributed by atoms with Crippen LogP contribution in [-0.4, -0.2) is 67.0 Å². The van der Waals surface area contributed by atoms with E-state index in [1.54, 1.807) is 0 Å². The summed E-state index contributed by atoms with van der Waals surface area (Å²) < 4.78 is 0. The highest BCUT2D eigenvalue weighted by Gasteiger charge is 2.20. The predicted molar refractivity (Wildman–Crippen MR) is 117 cm³/mol. The molecule has 1 heterocycles. The number of hydrogen-bond acceptors (Lipinski definition) is 3. The molecule has 1 aromatic rings. The van der Waals surface area contributed by atoms with Crippen molar-refractivity contribution >= 4 is 18.0 Å². The van der Waals surface area contributed by atoms with Crippen molar-refractivity contribution in [3.8, 4) is 0 Å². The molecule has 6 nitrogen and oxygen atoms in total. The molecule has 2 fully saturated rings. The van der Waals surface area contributed by atoms with Crippen molar-refractivity contribution in [1.82, 2.24) is 20.4 Å². The van der Waals surface area contributed by atoms with Gasteiger partial charge in [-0.2, -0.15) is 0 Å². The number of carbonyl (C=O) groups excluding carboxylic acids is 2. The molecule has 2 aliphatic rings. The summed E-state index contributed by atoms with van der Waals surface area (Å²) in [6, 6.07) is 10.4. The zero-order chi connectivity index (χ0) is 20.3. The van der Waals surface area contributed by atoms with E-state index in [1.807, 2.05) is 23.1 Å². The summed E-state index contributed by atoms with van der Waals surface area (Å²) in [6.07, 6.45) is 10.5. The van der Waals surface area contributed by atoms with E-state index in [1.165, 1.54) is 24.8 Å². The predicted octanol–water partition coefficient (Wildman–Crippen LogP) is 2.87. The van der Waals surface area contributed by atoms with Crippen molar-refractivity contribution in [2.45, 2.75) is 44.6 Å². The normalized spacial score (nSPS) is 18.7. The molecule has 1 saturated heterocycles. The van der Waals surface area contributed by atoms with Gasteiger partial charge in [-0.15, -0.1) is 0 Å². The Balaban J connectivity index is 1.27. The maximum absolute atomic E-state index is 12.4. The molecule has 0 atom stereocenters. The van der Waals surface area contributed by atoms with E-state index in [0.717, 1.165) is 45.6 Å². The summed E-state index contributed by atoms with van der Waals surface area (Å²) in [5.41, 5.74) is 1.21. The standard InChI is InChI=1S/C23H34N4O2/c28-22(13-14-24-23(29)25-21-11-5-2-6-12-21)27-18-16-26(17-19-27)15-7-10-20-8-3-1-4-9-20/h1,3-4,7-10,21H,2,5-6,11-19H2,(H2,24,25,29)/b10-7+. The second-order valence-electron chi connectivity index (χ2n) is 7.98. The fraction of sp³-hybridized carbons (Fsp3) is 0.565. The van der Waals surface area contributed by atoms with Crippen molar-refractivity contribution in [3.63, 3.8) is 0 Å². The van der Waals surface area contributed by atoms with Crippen LogP contribution < -0.4 is 10.6 Å². The van der Waals surface area contributed by atoms with Crippen molar-refractivity contribution in [1.29, 1.82) is 0 Å². The van der Waals surface area contributed by atoms with Crippen LogP contribution in [0.5, 0.6) is 0 Å². The number of hydrogen-bond donors (Lipinski definition) is 2. The lowest BCUT2D eigenvalue weighted by molar-refractivity contribution is -0.132. The summed E-state index contributed by atoms with van der Waals surface area (Å²) in [6.45, 7) is 4.59. The van der Waals surface area contributed by atoms with Gasteiger partial charge in [-0.1, -0.05) is 61.7 Å². The fourth-order valence-corrected chi connectivity index (χ4v) is 4.01. The van der Waals surface area contributed by atoms with Gasteiger partial charge in [0.05, 0.1) is 0 Å². The highest BCUT2D eigenvalue weighted by atomic mass is 16.2. The molecular weight excluding hydrogens is 364 g/mol. The highest BCUT2D eigenvalue weighted by Crippen LogP contribution is 2.17. The minimum Gasteiger partial charge on any atom is -0.340 e. The van der Waals surface area contributed by atoms with Gasteiger partial charge in [-0.25, -0.2) is 4.79 Å². The van der Waals surface area contributed by atoms with E-state index in [-0.39, 0.29) is 11.9 Å². The van der Waals surface area contributed by atoms with Gasteiger partial charge >= 0.3 is 6.03 Å². The van der Waals surface area contributed by atoms with Crippen LogP contribution in [0, 0.1) is 0 Å². The first-order valence-electron chi connectivity index (χ1n) is 11.0. The summed E-state index contributed by atoms with van der Waals surface area (Å²) in [5, 5.41) is 5.86. The van der Waals surface area contributed by atoms with E-state index in [9.17, 15) is 9.59 Å². The molecule has 1 aromatic carbocycles. The Morgan fingerprint density at radius 3 is 2.45 bits per heavy atom. The largest absolute Gasteiger partial charge is 0.340 e. The molecule has 3 amide bonds. The van der Waals surface area contributed by atoms with Crippen LogP contribution in [0.25, 0.3) is 6.08 Å². The van der Waals surface area contributed by atoms with Crippen molar-refractivity contribution in [2.75, 3.05) is 39.3 Å². The second kappa shape index (κ2) is 11.6. The van der Waals surface area contributed by atoms with Gasteiger partial charge in [0.25, 0.3) is 0 Å². The van der Waals surface area contributed by atoms with Crippen molar-refractivity contribution in [3.05, 3.63) is 42.0 Å². The van der Waals surface area contributed by atoms with E-state index in [4.69, 9.17) is 0 Å². The van der Waals surface area contributed by atoms with E-state index < -0.39 is 0 Å². The average Bonchev–Trinajstić information content (AvgIpc) is 2.75. The Morgan fingerprint density at radius 2 is 1.72 bits per heavy atom. The summed E-state index contributed by atoms with van der Waals surface area (Å²) >= 11 is 0. The molecule has 0 spiro atoms. The Bertz CT molecular complexity index is 663. The van der Waals surface area contributed by atoms with Gasteiger partial charge in [-0.05, 0) is 18.4 Å². The third-order valence-corrected chi connectivity index (χ3v) is 5.76. The van der Waals surface area contributed by atoms with Crippen LogP contribution in [0.3, 0.4) is 0 Å². The maximum atomic E-state index is 12.4. The average molecular weight is 399 g/mol. The number of rotatable bonds is 7. The molecular formula is C23H34N4O2. The lowest BCUT2D eigenvalue weighted by atomic mass is 9.96. The summed E-state index contributed by atoms with van der Waals surface area (Å²) in [4.78, 5) is 28.6. The molecule has 0 bridgehead atoms. The number of carbonyl (C=O) groups is 2. The maximum Gasteiger partial charge on any atom is 0.315 e.